The Morgan fingerprint density at radius 3 is 1.66 bits per heavy atom. The van der Waals surface area contributed by atoms with E-state index in [2.05, 4.69) is 201 Å². The molecule has 0 heterocycles. The van der Waals surface area contributed by atoms with Crippen molar-refractivity contribution < 1.29 is 45.2 Å². The average Bonchev–Trinajstić information content (AvgIpc) is 3.68. The Morgan fingerprint density at radius 1 is 0.500 bits per heavy atom. The van der Waals surface area contributed by atoms with Gasteiger partial charge in [0.1, 0.15) is 0 Å². The van der Waals surface area contributed by atoms with Gasteiger partial charge >= 0.3 is 332 Å². The number of hydrogen-bond donors (Lipinski definition) is 0. The van der Waals surface area contributed by atoms with Crippen molar-refractivity contribution >= 4 is 37.7 Å². The van der Waals surface area contributed by atoms with Gasteiger partial charge in [0, 0.05) is 0 Å². The maximum absolute atomic E-state index is 2.75. The van der Waals surface area contributed by atoms with Crippen molar-refractivity contribution in [3.05, 3.63) is 179 Å². The van der Waals surface area contributed by atoms with Crippen LogP contribution in [0, 0.1) is 0 Å². The molecule has 0 saturated carbocycles. The summed E-state index contributed by atoms with van der Waals surface area (Å²) in [6.45, 7) is 19.3. The minimum Gasteiger partial charge on any atom is -1.00 e. The molecule has 56 heavy (non-hydrogen) atoms. The zero-order chi connectivity index (χ0) is 37.5. The van der Waals surface area contributed by atoms with Crippen molar-refractivity contribution in [2.45, 2.75) is 73.1 Å². The second-order valence-corrected chi connectivity index (χ2v) is 33.7. The van der Waals surface area contributed by atoms with Gasteiger partial charge in [-0.25, -0.2) is 0 Å². The zero-order valence-electron chi connectivity index (χ0n) is 33.8. The van der Waals surface area contributed by atoms with Crippen molar-refractivity contribution in [3.63, 3.8) is 0 Å². The smallest absolute Gasteiger partial charge is 1.00 e. The first kappa shape index (κ1) is 40.7. The molecular formula is C52H50Cl2SiZr. The van der Waals surface area contributed by atoms with Crippen LogP contribution >= 0.6 is 0 Å². The number of hydrogen-bond acceptors (Lipinski definition) is 0. The monoisotopic (exact) mass is 862 g/mol. The Morgan fingerprint density at radius 2 is 1.05 bits per heavy atom. The molecule has 0 spiro atoms. The minimum atomic E-state index is -2.62. The SMILES string of the molecule is CC1=C[CH](/[Zr+2]([CH]2c3cc(C(C)(C)C)ccc3-c3ccc(C(C)(C)C)cc32)=[Si](\C)c2ccccc2)c2cccc(-c3cc4ccccc4c4ccccc34)c21.[Cl-].[Cl-]. The van der Waals surface area contributed by atoms with Gasteiger partial charge in [-0.1, -0.05) is 0 Å². The average molecular weight is 865 g/mol. The van der Waals surface area contributed by atoms with E-state index in [0.29, 0.717) is 7.25 Å². The predicted molar refractivity (Wildman–Crippen MR) is 232 cm³/mol. The zero-order valence-corrected chi connectivity index (χ0v) is 38.7. The minimum absolute atomic E-state index is 0. The molecule has 0 fully saturated rings. The molecule has 9 rings (SSSR count). The first-order chi connectivity index (χ1) is 25.9. The molecule has 1 unspecified atom stereocenters. The Bertz CT molecular complexity index is 2650. The summed E-state index contributed by atoms with van der Waals surface area (Å²) >= 11 is -2.62. The third kappa shape index (κ3) is 6.83. The van der Waals surface area contributed by atoms with E-state index in [1.54, 1.807) is 21.9 Å². The van der Waals surface area contributed by atoms with Gasteiger partial charge in [0.15, 0.2) is 0 Å². The second-order valence-electron chi connectivity index (χ2n) is 17.8. The van der Waals surface area contributed by atoms with E-state index in [0.717, 1.165) is 0 Å². The Hall–Kier alpha value is -3.52. The Kier molecular flexibility index (Phi) is 11.1. The summed E-state index contributed by atoms with van der Waals surface area (Å²) in [6.07, 6.45) is 2.75. The number of rotatable bonds is 4. The van der Waals surface area contributed by atoms with E-state index >= 15 is 0 Å². The van der Waals surface area contributed by atoms with E-state index < -0.39 is 25.8 Å². The van der Waals surface area contributed by atoms with Gasteiger partial charge in [-0.15, -0.1) is 0 Å². The van der Waals surface area contributed by atoms with Crippen molar-refractivity contribution in [2.24, 2.45) is 0 Å². The molecule has 2 aliphatic carbocycles. The summed E-state index contributed by atoms with van der Waals surface area (Å²) in [7, 11) is 0. The molecule has 0 aromatic heterocycles. The van der Waals surface area contributed by atoms with Crippen LogP contribution in [0.3, 0.4) is 0 Å². The number of allylic oxidation sites excluding steroid dienone is 2. The van der Waals surface area contributed by atoms with Gasteiger partial charge in [0.25, 0.3) is 0 Å². The summed E-state index contributed by atoms with van der Waals surface area (Å²) in [5, 5.41) is 6.91. The molecule has 2 aliphatic rings. The van der Waals surface area contributed by atoms with Gasteiger partial charge in [0.2, 0.25) is 0 Å². The fraction of sp³-hybridized carbons (Fsp3) is 0.231. The van der Waals surface area contributed by atoms with E-state index in [-0.39, 0.29) is 35.6 Å². The summed E-state index contributed by atoms with van der Waals surface area (Å²) < 4.78 is 0.958. The summed E-state index contributed by atoms with van der Waals surface area (Å²) in [5.41, 5.74) is 15.6. The molecule has 0 aliphatic heterocycles. The van der Waals surface area contributed by atoms with E-state index in [1.165, 1.54) is 66.1 Å². The van der Waals surface area contributed by atoms with Gasteiger partial charge in [-0.2, -0.15) is 0 Å². The number of halogens is 2. The Balaban J connectivity index is 0.00000240. The van der Waals surface area contributed by atoms with E-state index in [9.17, 15) is 0 Å². The molecule has 7 aromatic carbocycles. The molecule has 0 bridgehead atoms. The van der Waals surface area contributed by atoms with Crippen molar-refractivity contribution in [3.8, 4) is 22.3 Å². The van der Waals surface area contributed by atoms with Gasteiger partial charge in [-0.05, 0) is 0 Å². The molecule has 0 amide bonds. The maximum Gasteiger partial charge on any atom is -1.00 e. The van der Waals surface area contributed by atoms with Gasteiger partial charge in [-0.3, -0.25) is 0 Å². The molecule has 280 valence electrons. The predicted octanol–water partition coefficient (Wildman–Crippen LogP) is 7.64. The van der Waals surface area contributed by atoms with Crippen LogP contribution in [-0.4, -0.2) is 5.43 Å². The molecule has 0 nitrogen and oxygen atoms in total. The Labute approximate surface area is 354 Å². The molecule has 4 heteroatoms. The molecule has 0 saturated heterocycles. The number of fused-ring (bicyclic) bond motifs is 7. The van der Waals surface area contributed by atoms with Crippen LogP contribution in [0.15, 0.2) is 146 Å². The van der Waals surface area contributed by atoms with Crippen LogP contribution in [0.1, 0.15) is 89.1 Å². The molecule has 0 N–H and O–H groups in total. The van der Waals surface area contributed by atoms with Crippen molar-refractivity contribution in [2.75, 3.05) is 0 Å². The summed E-state index contributed by atoms with van der Waals surface area (Å²) in [5.74, 6) is 0. The van der Waals surface area contributed by atoms with Crippen LogP contribution in [0.4, 0.5) is 0 Å². The van der Waals surface area contributed by atoms with E-state index in [4.69, 9.17) is 0 Å². The van der Waals surface area contributed by atoms with Crippen LogP contribution < -0.4 is 30.0 Å². The summed E-state index contributed by atoms with van der Waals surface area (Å²) in [4.78, 5) is 0. The summed E-state index contributed by atoms with van der Waals surface area (Å²) in [6, 6.07) is 54.4. The quantitative estimate of drug-likeness (QED) is 0.126. The largest absolute Gasteiger partial charge is 1.00 e. The van der Waals surface area contributed by atoms with Crippen molar-refractivity contribution in [1.82, 2.24) is 0 Å². The topological polar surface area (TPSA) is 0 Å². The molecule has 1 atom stereocenters. The fourth-order valence-corrected chi connectivity index (χ4v) is 31.1. The molecule has 0 radical (unpaired) electrons. The van der Waals surface area contributed by atoms with Gasteiger partial charge < -0.3 is 24.8 Å². The normalized spacial score (nSPS) is 15.0. The molecule has 7 aromatic rings. The van der Waals surface area contributed by atoms with Gasteiger partial charge in [0.05, 0.1) is 0 Å². The van der Waals surface area contributed by atoms with Crippen molar-refractivity contribution in [1.29, 1.82) is 0 Å². The van der Waals surface area contributed by atoms with E-state index in [1.807, 2.05) is 0 Å². The second kappa shape index (κ2) is 15.3. The first-order valence-corrected chi connectivity index (χ1v) is 28.2. The third-order valence-electron chi connectivity index (χ3n) is 12.3. The third-order valence-corrected chi connectivity index (χ3v) is 32.3. The standard InChI is InChI=1S/C24H17.C21H25.C7H8Si.2ClH.Zr/c1-16-13-14-17-8-6-12-22(24(16)17)23-15-18-7-2-3-9-19(18)20-10-4-5-11-21(20)23;1-20(2,3)16-7-9-18-14(12-16)11-15-13-17(21(4,5)6)8-10-19(15)18;1-8-7-5-3-2-4-6-7;;;/h2-15H,1H3;7-13H,1-6H3;2-6H,1H3;2*1H;/q;;;;;+2/p-2. The molecular weight excluding hydrogens is 815 g/mol. The number of benzene rings is 7. The first-order valence-electron chi connectivity index (χ1n) is 19.7. The van der Waals surface area contributed by atoms with Crippen LogP contribution in [0.5, 0.6) is 0 Å². The fourth-order valence-electron chi connectivity index (χ4n) is 9.46. The van der Waals surface area contributed by atoms with Crippen LogP contribution in [-0.2, 0) is 31.2 Å². The maximum atomic E-state index is 2.75. The van der Waals surface area contributed by atoms with Crippen LogP contribution in [0.25, 0.3) is 49.4 Å². The van der Waals surface area contributed by atoms with Crippen LogP contribution in [0.2, 0.25) is 6.55 Å².